The van der Waals surface area contributed by atoms with Crippen LogP contribution >= 0.6 is 15.9 Å². The van der Waals surface area contributed by atoms with Crippen molar-refractivity contribution < 1.29 is 14.3 Å². The number of carbonyl (C=O) groups is 1. The third kappa shape index (κ3) is 4.86. The van der Waals surface area contributed by atoms with E-state index in [0.717, 1.165) is 53.0 Å². The summed E-state index contributed by atoms with van der Waals surface area (Å²) in [4.78, 5) is 19.0. The van der Waals surface area contributed by atoms with Gasteiger partial charge in [0.25, 0.3) is 0 Å². The first-order valence-corrected chi connectivity index (χ1v) is 9.91. The molecule has 144 valence electrons. The molecule has 1 aliphatic rings. The summed E-state index contributed by atoms with van der Waals surface area (Å²) in [5.74, 6) is -0.217. The second kappa shape index (κ2) is 9.00. The van der Waals surface area contributed by atoms with E-state index in [9.17, 15) is 4.79 Å². The summed E-state index contributed by atoms with van der Waals surface area (Å²) in [5, 5.41) is 0. The van der Waals surface area contributed by atoms with Crippen LogP contribution in [0, 0.1) is 13.8 Å². The molecule has 6 heteroatoms. The van der Waals surface area contributed by atoms with E-state index in [4.69, 9.17) is 9.47 Å². The molecule has 0 radical (unpaired) electrons. The van der Waals surface area contributed by atoms with Crippen LogP contribution in [0.3, 0.4) is 0 Å². The molecule has 1 aromatic heterocycles. The minimum absolute atomic E-state index is 0.129. The summed E-state index contributed by atoms with van der Waals surface area (Å²) in [7, 11) is 0. The molecule has 0 unspecified atom stereocenters. The van der Waals surface area contributed by atoms with E-state index in [-0.39, 0.29) is 18.0 Å². The molecule has 0 amide bonds. The third-order valence-electron chi connectivity index (χ3n) is 4.90. The average Bonchev–Trinajstić information content (AvgIpc) is 2.60. The van der Waals surface area contributed by atoms with Crippen LogP contribution < -0.4 is 4.90 Å². The Balaban J connectivity index is 2.28. The summed E-state index contributed by atoms with van der Waals surface area (Å²) < 4.78 is 12.1. The van der Waals surface area contributed by atoms with Crippen molar-refractivity contribution in [3.05, 3.63) is 34.1 Å². The number of hydrogen-bond donors (Lipinski definition) is 0. The fraction of sp³-hybridized carbons (Fsp3) is 0.600. The van der Waals surface area contributed by atoms with Gasteiger partial charge in [-0.2, -0.15) is 0 Å². The zero-order chi connectivity index (χ0) is 19.3. The van der Waals surface area contributed by atoms with E-state index >= 15 is 0 Å². The van der Waals surface area contributed by atoms with Gasteiger partial charge in [-0.3, -0.25) is 9.78 Å². The molecule has 5 nitrogen and oxygen atoms in total. The van der Waals surface area contributed by atoms with Crippen LogP contribution in [0.5, 0.6) is 0 Å². The number of carbonyl (C=O) groups excluding carboxylic acids is 1. The minimum atomic E-state index is -0.217. The summed E-state index contributed by atoms with van der Waals surface area (Å²) in [5.41, 5.74) is 3.69. The largest absolute Gasteiger partial charge is 0.466 e. The number of halogens is 1. The Morgan fingerprint density at radius 2 is 2.00 bits per heavy atom. The van der Waals surface area contributed by atoms with E-state index in [1.54, 1.807) is 6.08 Å². The monoisotopic (exact) mass is 424 g/mol. The highest BCUT2D eigenvalue weighted by Crippen LogP contribution is 2.38. The maximum Gasteiger partial charge on any atom is 0.310 e. The predicted molar refractivity (Wildman–Crippen MR) is 108 cm³/mol. The molecule has 0 atom stereocenters. The zero-order valence-electron chi connectivity index (χ0n) is 16.2. The number of aryl methyl sites for hydroxylation is 2. The molecule has 0 saturated carbocycles. The van der Waals surface area contributed by atoms with Gasteiger partial charge in [-0.05, 0) is 56.5 Å². The number of anilines is 1. The summed E-state index contributed by atoms with van der Waals surface area (Å²) in [6.07, 6.45) is 3.88. The first-order chi connectivity index (χ1) is 12.3. The van der Waals surface area contributed by atoms with Crippen molar-refractivity contribution >= 4 is 27.6 Å². The predicted octanol–water partition coefficient (Wildman–Crippen LogP) is 4.13. The van der Waals surface area contributed by atoms with E-state index in [1.807, 2.05) is 20.8 Å². The van der Waals surface area contributed by atoms with E-state index in [2.05, 4.69) is 39.3 Å². The first-order valence-electron chi connectivity index (χ1n) is 9.12. The number of esters is 1. The van der Waals surface area contributed by atoms with E-state index in [1.165, 1.54) is 0 Å². The zero-order valence-corrected chi connectivity index (χ0v) is 17.8. The van der Waals surface area contributed by atoms with Gasteiger partial charge in [0.05, 0.1) is 41.1 Å². The summed E-state index contributed by atoms with van der Waals surface area (Å²) >= 11 is 3.70. The van der Waals surface area contributed by atoms with Gasteiger partial charge in [0, 0.05) is 24.3 Å². The van der Waals surface area contributed by atoms with E-state index in [0.29, 0.717) is 13.2 Å². The van der Waals surface area contributed by atoms with Gasteiger partial charge in [-0.25, -0.2) is 0 Å². The topological polar surface area (TPSA) is 51.7 Å². The van der Waals surface area contributed by atoms with Crippen LogP contribution in [0.2, 0.25) is 0 Å². The van der Waals surface area contributed by atoms with Gasteiger partial charge in [-0.1, -0.05) is 6.08 Å². The lowest BCUT2D eigenvalue weighted by Crippen LogP contribution is -2.45. The number of nitrogens with zero attached hydrogens (tertiary/aromatic N) is 2. The van der Waals surface area contributed by atoms with Gasteiger partial charge < -0.3 is 14.4 Å². The van der Waals surface area contributed by atoms with Crippen LogP contribution in [-0.2, 0) is 20.7 Å². The molecule has 0 N–H and O–H groups in total. The number of ether oxygens (including phenoxy) is 2. The summed E-state index contributed by atoms with van der Waals surface area (Å²) in [6.45, 7) is 14.3. The van der Waals surface area contributed by atoms with Crippen molar-refractivity contribution in [2.24, 2.45) is 0 Å². The van der Waals surface area contributed by atoms with Gasteiger partial charge in [-0.15, -0.1) is 6.58 Å². The van der Waals surface area contributed by atoms with Gasteiger partial charge in [0.1, 0.15) is 0 Å². The Hall–Kier alpha value is -1.40. The molecule has 1 aliphatic heterocycles. The standard InChI is InChI=1S/C20H29BrN2O3/c1-6-12-26-20(5)8-10-23(11-9-20)19-16(13-17(24)25-7-2)14(3)22-15(4)18(19)21/h6H,1,7-13H2,2-5H3. The van der Waals surface area contributed by atoms with Crippen LogP contribution in [0.25, 0.3) is 0 Å². The molecule has 0 aromatic carbocycles. The third-order valence-corrected chi connectivity index (χ3v) is 5.85. The molecule has 2 rings (SSSR count). The molecular weight excluding hydrogens is 396 g/mol. The van der Waals surface area contributed by atoms with Gasteiger partial charge in [0.2, 0.25) is 0 Å². The van der Waals surface area contributed by atoms with Crippen LogP contribution in [0.15, 0.2) is 17.1 Å². The molecule has 0 aliphatic carbocycles. The number of hydrogen-bond acceptors (Lipinski definition) is 5. The molecule has 0 bridgehead atoms. The van der Waals surface area contributed by atoms with Crippen LogP contribution in [0.4, 0.5) is 5.69 Å². The lowest BCUT2D eigenvalue weighted by Gasteiger charge is -2.41. The molecule has 26 heavy (non-hydrogen) atoms. The van der Waals surface area contributed by atoms with Crippen molar-refractivity contribution in [2.75, 3.05) is 31.2 Å². The maximum atomic E-state index is 12.1. The Bertz CT molecular complexity index is 668. The Morgan fingerprint density at radius 1 is 1.35 bits per heavy atom. The minimum Gasteiger partial charge on any atom is -0.466 e. The molecule has 1 fully saturated rings. The summed E-state index contributed by atoms with van der Waals surface area (Å²) in [6, 6.07) is 0. The van der Waals surface area contributed by atoms with Crippen LogP contribution in [-0.4, -0.2) is 42.9 Å². The second-order valence-electron chi connectivity index (χ2n) is 6.94. The van der Waals surface area contributed by atoms with Crippen molar-refractivity contribution in [1.82, 2.24) is 4.98 Å². The molecule has 1 saturated heterocycles. The quantitative estimate of drug-likeness (QED) is 0.486. The Morgan fingerprint density at radius 3 is 2.58 bits per heavy atom. The molecular formula is C20H29BrN2O3. The molecule has 0 spiro atoms. The number of aromatic nitrogens is 1. The Labute approximate surface area is 164 Å². The lowest BCUT2D eigenvalue weighted by molar-refractivity contribution is -0.142. The molecule has 1 aromatic rings. The van der Waals surface area contributed by atoms with E-state index < -0.39 is 0 Å². The highest BCUT2D eigenvalue weighted by molar-refractivity contribution is 9.10. The van der Waals surface area contributed by atoms with Crippen molar-refractivity contribution in [2.45, 2.75) is 52.6 Å². The number of piperidine rings is 1. The molecule has 2 heterocycles. The number of pyridine rings is 1. The fourth-order valence-corrected chi connectivity index (χ4v) is 3.93. The highest BCUT2D eigenvalue weighted by atomic mass is 79.9. The van der Waals surface area contributed by atoms with Crippen molar-refractivity contribution in [1.29, 1.82) is 0 Å². The van der Waals surface area contributed by atoms with Gasteiger partial charge in [0.15, 0.2) is 0 Å². The van der Waals surface area contributed by atoms with Gasteiger partial charge >= 0.3 is 5.97 Å². The number of rotatable bonds is 7. The first kappa shape index (κ1) is 20.9. The average molecular weight is 425 g/mol. The second-order valence-corrected chi connectivity index (χ2v) is 7.74. The van der Waals surface area contributed by atoms with Crippen molar-refractivity contribution in [3.63, 3.8) is 0 Å². The highest BCUT2D eigenvalue weighted by Gasteiger charge is 2.33. The fourth-order valence-electron chi connectivity index (χ4n) is 3.35. The van der Waals surface area contributed by atoms with Crippen molar-refractivity contribution in [3.8, 4) is 0 Å². The maximum absolute atomic E-state index is 12.1. The van der Waals surface area contributed by atoms with Crippen LogP contribution in [0.1, 0.15) is 43.6 Å². The SMILES string of the molecule is C=CCOC1(C)CCN(c2c(Br)c(C)nc(C)c2CC(=O)OCC)CC1. The smallest absolute Gasteiger partial charge is 0.310 e. The Kier molecular flexibility index (Phi) is 7.24. The lowest BCUT2D eigenvalue weighted by atomic mass is 9.92. The normalized spacial score (nSPS) is 16.4.